The van der Waals surface area contributed by atoms with Crippen LogP contribution in [-0.2, 0) is 6.42 Å². The van der Waals surface area contributed by atoms with Crippen LogP contribution in [0.25, 0.3) is 6.08 Å². The minimum Gasteiger partial charge on any atom is -0.317 e. The Bertz CT molecular complexity index is 386. The van der Waals surface area contributed by atoms with Gasteiger partial charge in [0, 0.05) is 0 Å². The molecule has 1 fully saturated rings. The number of rotatable bonds is 1. The highest BCUT2D eigenvalue weighted by atomic mass is 14.9. The number of fused-ring (bicyclic) bond motifs is 1. The zero-order chi connectivity index (χ0) is 10.1. The van der Waals surface area contributed by atoms with Crippen LogP contribution in [0.2, 0.25) is 0 Å². The third-order valence-electron chi connectivity index (χ3n) is 3.62. The first kappa shape index (κ1) is 9.17. The number of benzene rings is 1. The van der Waals surface area contributed by atoms with Crippen LogP contribution < -0.4 is 5.32 Å². The highest BCUT2D eigenvalue weighted by Crippen LogP contribution is 2.29. The molecular weight excluding hydrogens is 182 g/mol. The molecule has 1 nitrogen and oxygen atoms in total. The van der Waals surface area contributed by atoms with Crippen LogP contribution in [0.3, 0.4) is 0 Å². The van der Waals surface area contributed by atoms with Crippen LogP contribution >= 0.6 is 0 Å². The summed E-state index contributed by atoms with van der Waals surface area (Å²) in [5.41, 5.74) is 4.49. The van der Waals surface area contributed by atoms with Crippen LogP contribution in [0.4, 0.5) is 0 Å². The van der Waals surface area contributed by atoms with Gasteiger partial charge in [-0.2, -0.15) is 0 Å². The van der Waals surface area contributed by atoms with Gasteiger partial charge in [-0.3, -0.25) is 0 Å². The first-order chi connectivity index (χ1) is 7.43. The van der Waals surface area contributed by atoms with Crippen molar-refractivity contribution in [2.24, 2.45) is 0 Å². The van der Waals surface area contributed by atoms with Gasteiger partial charge in [0.05, 0.1) is 0 Å². The molecule has 0 aromatic heterocycles. The van der Waals surface area contributed by atoms with Crippen molar-refractivity contribution in [1.82, 2.24) is 5.32 Å². The predicted octanol–water partition coefficient (Wildman–Crippen LogP) is 2.72. The van der Waals surface area contributed by atoms with E-state index in [9.17, 15) is 0 Å². The third kappa shape index (κ3) is 1.72. The molecule has 0 bridgehead atoms. The molecule has 0 saturated carbocycles. The molecule has 1 heterocycles. The van der Waals surface area contributed by atoms with E-state index in [1.165, 1.54) is 37.1 Å². The summed E-state index contributed by atoms with van der Waals surface area (Å²) < 4.78 is 0. The van der Waals surface area contributed by atoms with E-state index in [0.29, 0.717) is 0 Å². The average Bonchev–Trinajstić information content (AvgIpc) is 2.77. The third-order valence-corrected chi connectivity index (χ3v) is 3.62. The molecule has 1 heteroatoms. The first-order valence-electron chi connectivity index (χ1n) is 5.93. The number of hydrogen-bond donors (Lipinski definition) is 1. The first-order valence-corrected chi connectivity index (χ1v) is 5.93. The second-order valence-corrected chi connectivity index (χ2v) is 4.59. The summed E-state index contributed by atoms with van der Waals surface area (Å²) in [5.74, 6) is 0.783. The fourth-order valence-electron chi connectivity index (χ4n) is 2.68. The number of piperidine rings is 1. The van der Waals surface area contributed by atoms with Crippen molar-refractivity contribution >= 4 is 6.08 Å². The van der Waals surface area contributed by atoms with Gasteiger partial charge < -0.3 is 5.32 Å². The van der Waals surface area contributed by atoms with Crippen LogP contribution in [0, 0.1) is 0 Å². The Kier molecular flexibility index (Phi) is 2.34. The molecule has 15 heavy (non-hydrogen) atoms. The van der Waals surface area contributed by atoms with E-state index in [2.05, 4.69) is 35.7 Å². The monoisotopic (exact) mass is 199 g/mol. The van der Waals surface area contributed by atoms with E-state index < -0.39 is 0 Å². The lowest BCUT2D eigenvalue weighted by Gasteiger charge is -2.23. The Hall–Kier alpha value is -1.08. The average molecular weight is 199 g/mol. The fourth-order valence-corrected chi connectivity index (χ4v) is 2.68. The Morgan fingerprint density at radius 2 is 2.00 bits per heavy atom. The van der Waals surface area contributed by atoms with Gasteiger partial charge in [0.2, 0.25) is 0 Å². The van der Waals surface area contributed by atoms with Gasteiger partial charge in [-0.1, -0.05) is 30.4 Å². The number of nitrogens with one attached hydrogen (secondary N) is 1. The predicted molar refractivity (Wildman–Crippen MR) is 64.0 cm³/mol. The molecule has 78 valence electrons. The van der Waals surface area contributed by atoms with E-state index in [1.807, 2.05) is 0 Å². The van der Waals surface area contributed by atoms with Gasteiger partial charge in [0.15, 0.2) is 0 Å². The minimum absolute atomic E-state index is 0.783. The van der Waals surface area contributed by atoms with E-state index >= 15 is 0 Å². The molecule has 0 spiro atoms. The summed E-state index contributed by atoms with van der Waals surface area (Å²) in [7, 11) is 0. The highest BCUT2D eigenvalue weighted by Gasteiger charge is 2.16. The van der Waals surface area contributed by atoms with Crippen molar-refractivity contribution in [3.8, 4) is 0 Å². The summed E-state index contributed by atoms with van der Waals surface area (Å²) in [5, 5.41) is 3.42. The van der Waals surface area contributed by atoms with Gasteiger partial charge in [-0.25, -0.2) is 0 Å². The molecule has 1 aromatic rings. The van der Waals surface area contributed by atoms with Crippen molar-refractivity contribution in [1.29, 1.82) is 0 Å². The van der Waals surface area contributed by atoms with Gasteiger partial charge >= 0.3 is 0 Å². The van der Waals surface area contributed by atoms with Crippen LogP contribution in [0.15, 0.2) is 24.3 Å². The SMILES string of the molecule is C1=Cc2cc(C3CCNCC3)ccc2C1. The van der Waals surface area contributed by atoms with E-state index in [0.717, 1.165) is 12.3 Å². The molecule has 0 amide bonds. The summed E-state index contributed by atoms with van der Waals surface area (Å²) in [6, 6.07) is 7.04. The molecule has 1 N–H and O–H groups in total. The topological polar surface area (TPSA) is 12.0 Å². The standard InChI is InChI=1S/C14H17N/c1-2-11-4-5-14(10-13(11)3-1)12-6-8-15-9-7-12/h1,3-5,10,12,15H,2,6-9H2. The van der Waals surface area contributed by atoms with Gasteiger partial charge in [0.25, 0.3) is 0 Å². The van der Waals surface area contributed by atoms with Crippen LogP contribution in [-0.4, -0.2) is 13.1 Å². The molecule has 2 aliphatic rings. The Morgan fingerprint density at radius 3 is 2.87 bits per heavy atom. The van der Waals surface area contributed by atoms with Crippen molar-refractivity contribution in [2.75, 3.05) is 13.1 Å². The van der Waals surface area contributed by atoms with Crippen LogP contribution in [0.1, 0.15) is 35.4 Å². The van der Waals surface area contributed by atoms with E-state index in [-0.39, 0.29) is 0 Å². The Morgan fingerprint density at radius 1 is 1.13 bits per heavy atom. The molecular formula is C14H17N. The normalized spacial score (nSPS) is 20.5. The number of hydrogen-bond acceptors (Lipinski definition) is 1. The van der Waals surface area contributed by atoms with E-state index in [4.69, 9.17) is 0 Å². The molecule has 0 radical (unpaired) electrons. The smallest absolute Gasteiger partial charge is 0.00431 e. The van der Waals surface area contributed by atoms with Gasteiger partial charge in [-0.15, -0.1) is 0 Å². The second kappa shape index (κ2) is 3.82. The zero-order valence-electron chi connectivity index (χ0n) is 9.00. The largest absolute Gasteiger partial charge is 0.317 e. The molecule has 1 aliphatic carbocycles. The molecule has 3 rings (SSSR count). The Balaban J connectivity index is 1.88. The summed E-state index contributed by atoms with van der Waals surface area (Å²) >= 11 is 0. The van der Waals surface area contributed by atoms with Crippen LogP contribution in [0.5, 0.6) is 0 Å². The zero-order valence-corrected chi connectivity index (χ0v) is 9.00. The molecule has 1 saturated heterocycles. The lowest BCUT2D eigenvalue weighted by Crippen LogP contribution is -2.26. The highest BCUT2D eigenvalue weighted by molar-refractivity contribution is 5.60. The van der Waals surface area contributed by atoms with Crippen molar-refractivity contribution in [2.45, 2.75) is 25.2 Å². The molecule has 0 unspecified atom stereocenters. The van der Waals surface area contributed by atoms with Crippen molar-refractivity contribution < 1.29 is 0 Å². The quantitative estimate of drug-likeness (QED) is 0.733. The van der Waals surface area contributed by atoms with Crippen molar-refractivity contribution in [3.05, 3.63) is 41.0 Å². The molecule has 0 atom stereocenters. The second-order valence-electron chi connectivity index (χ2n) is 4.59. The maximum atomic E-state index is 3.42. The maximum absolute atomic E-state index is 3.42. The van der Waals surface area contributed by atoms with Gasteiger partial charge in [0.1, 0.15) is 0 Å². The lowest BCUT2D eigenvalue weighted by molar-refractivity contribution is 0.460. The molecule has 1 aliphatic heterocycles. The Labute approximate surface area is 91.2 Å². The fraction of sp³-hybridized carbons (Fsp3) is 0.429. The van der Waals surface area contributed by atoms with Crippen molar-refractivity contribution in [3.63, 3.8) is 0 Å². The maximum Gasteiger partial charge on any atom is -0.00431 e. The van der Waals surface area contributed by atoms with Gasteiger partial charge in [-0.05, 0) is 55.0 Å². The lowest BCUT2D eigenvalue weighted by atomic mass is 9.88. The minimum atomic E-state index is 0.783. The van der Waals surface area contributed by atoms with E-state index in [1.54, 1.807) is 5.56 Å². The summed E-state index contributed by atoms with van der Waals surface area (Å²) in [4.78, 5) is 0. The molecule has 1 aromatic carbocycles. The summed E-state index contributed by atoms with van der Waals surface area (Å²) in [6.45, 7) is 2.36. The summed E-state index contributed by atoms with van der Waals surface area (Å²) in [6.07, 6.45) is 8.24. The number of allylic oxidation sites excluding steroid dienone is 1.